The molecule has 0 saturated carbocycles. The number of Topliss-reactive ketones (excluding diaryl/α,β-unsaturated/α-hetero) is 1. The number of hydrogen-bond acceptors (Lipinski definition) is 4. The van der Waals surface area contributed by atoms with E-state index in [1.807, 2.05) is 0 Å². The van der Waals surface area contributed by atoms with Crippen LogP contribution in [0.15, 0.2) is 29.2 Å². The molecule has 98 valence electrons. The molecule has 0 aliphatic rings. The molecular formula is C12H13ClO4S. The Hall–Kier alpha value is -1.20. The van der Waals surface area contributed by atoms with Crippen molar-refractivity contribution >= 4 is 34.2 Å². The van der Waals surface area contributed by atoms with Crippen molar-refractivity contribution in [1.29, 1.82) is 0 Å². The van der Waals surface area contributed by atoms with Crippen LogP contribution in [0.4, 0.5) is 0 Å². The quantitative estimate of drug-likeness (QED) is 0.593. The molecule has 0 aliphatic heterocycles. The molecule has 0 fully saturated rings. The lowest BCUT2D eigenvalue weighted by molar-refractivity contribution is -0.145. The van der Waals surface area contributed by atoms with Gasteiger partial charge in [0.05, 0.1) is 23.2 Å². The summed E-state index contributed by atoms with van der Waals surface area (Å²) >= 11 is 5.70. The van der Waals surface area contributed by atoms with Gasteiger partial charge in [-0.15, -0.1) is 0 Å². The molecule has 0 amide bonds. The van der Waals surface area contributed by atoms with Gasteiger partial charge >= 0.3 is 5.97 Å². The predicted molar refractivity (Wildman–Crippen MR) is 69.0 cm³/mol. The molecule has 1 aromatic carbocycles. The maximum absolute atomic E-state index is 11.8. The van der Waals surface area contributed by atoms with Gasteiger partial charge in [-0.05, 0) is 31.2 Å². The lowest BCUT2D eigenvalue weighted by atomic mass is 10.3. The van der Waals surface area contributed by atoms with Gasteiger partial charge in [0, 0.05) is 9.92 Å². The number of esters is 1. The van der Waals surface area contributed by atoms with E-state index >= 15 is 0 Å². The Kier molecular flexibility index (Phi) is 6.01. The summed E-state index contributed by atoms with van der Waals surface area (Å²) in [6, 6.07) is 6.39. The summed E-state index contributed by atoms with van der Waals surface area (Å²) in [5.41, 5.74) is 0. The number of benzene rings is 1. The highest BCUT2D eigenvalue weighted by atomic mass is 35.5. The number of ether oxygens (including phenoxy) is 1. The van der Waals surface area contributed by atoms with Crippen LogP contribution in [0.5, 0.6) is 0 Å². The smallest absolute Gasteiger partial charge is 0.313 e. The van der Waals surface area contributed by atoms with Gasteiger partial charge in [0.25, 0.3) is 0 Å². The Morgan fingerprint density at radius 2 is 1.89 bits per heavy atom. The molecule has 18 heavy (non-hydrogen) atoms. The fourth-order valence-electron chi connectivity index (χ4n) is 1.24. The topological polar surface area (TPSA) is 60.4 Å². The average molecular weight is 289 g/mol. The summed E-state index contributed by atoms with van der Waals surface area (Å²) in [7, 11) is -1.46. The van der Waals surface area contributed by atoms with E-state index in [0.717, 1.165) is 0 Å². The van der Waals surface area contributed by atoms with Crippen LogP contribution in [0.25, 0.3) is 0 Å². The molecule has 0 aliphatic carbocycles. The zero-order valence-electron chi connectivity index (χ0n) is 9.85. The minimum atomic E-state index is -1.46. The molecule has 4 nitrogen and oxygen atoms in total. The van der Waals surface area contributed by atoms with Crippen LogP contribution < -0.4 is 0 Å². The molecule has 1 atom stereocenters. The number of halogens is 1. The van der Waals surface area contributed by atoms with E-state index in [9.17, 15) is 13.8 Å². The zero-order valence-corrected chi connectivity index (χ0v) is 11.4. The first-order valence-corrected chi connectivity index (χ1v) is 7.04. The fourth-order valence-corrected chi connectivity index (χ4v) is 2.37. The maximum Gasteiger partial charge on any atom is 0.313 e. The van der Waals surface area contributed by atoms with Crippen LogP contribution in [0, 0.1) is 0 Å². The molecule has 1 unspecified atom stereocenters. The second kappa shape index (κ2) is 7.28. The van der Waals surface area contributed by atoms with Gasteiger partial charge in [-0.1, -0.05) is 11.6 Å². The van der Waals surface area contributed by atoms with Crippen molar-refractivity contribution in [3.63, 3.8) is 0 Å². The third-order valence-corrected chi connectivity index (χ3v) is 3.65. The SMILES string of the molecule is CCOC(=O)CC(=O)CS(=O)c1ccc(Cl)cc1. The Bertz CT molecular complexity index is 456. The van der Waals surface area contributed by atoms with E-state index in [0.29, 0.717) is 9.92 Å². The fraction of sp³-hybridized carbons (Fsp3) is 0.333. The molecule has 1 aromatic rings. The summed E-state index contributed by atoms with van der Waals surface area (Å²) < 4.78 is 16.4. The van der Waals surface area contributed by atoms with Crippen LogP contribution in [-0.2, 0) is 25.1 Å². The van der Waals surface area contributed by atoms with Crippen LogP contribution in [0.1, 0.15) is 13.3 Å². The first-order chi connectivity index (χ1) is 8.52. The molecule has 0 spiro atoms. The Morgan fingerprint density at radius 3 is 2.44 bits per heavy atom. The van der Waals surface area contributed by atoms with Crippen molar-refractivity contribution < 1.29 is 18.5 Å². The standard InChI is InChI=1S/C12H13ClO4S/c1-2-17-12(15)7-10(14)8-18(16)11-5-3-9(13)4-6-11/h3-6H,2,7-8H2,1H3. The number of hydrogen-bond donors (Lipinski definition) is 0. The summed E-state index contributed by atoms with van der Waals surface area (Å²) in [5.74, 6) is -1.18. The normalized spacial score (nSPS) is 11.9. The van der Waals surface area contributed by atoms with Gasteiger partial charge in [-0.25, -0.2) is 0 Å². The minimum absolute atomic E-state index is 0.194. The molecule has 6 heteroatoms. The number of rotatable bonds is 6. The van der Waals surface area contributed by atoms with Gasteiger partial charge in [-0.2, -0.15) is 0 Å². The summed E-state index contributed by atoms with van der Waals surface area (Å²) in [4.78, 5) is 23.0. The lowest BCUT2D eigenvalue weighted by Gasteiger charge is -2.02. The van der Waals surface area contributed by atoms with E-state index in [-0.39, 0.29) is 18.8 Å². The molecule has 0 saturated heterocycles. The van der Waals surface area contributed by atoms with Gasteiger partial charge in [0.1, 0.15) is 6.42 Å². The van der Waals surface area contributed by atoms with Crippen molar-refractivity contribution in [2.45, 2.75) is 18.2 Å². The Morgan fingerprint density at radius 1 is 1.28 bits per heavy atom. The highest BCUT2D eigenvalue weighted by Crippen LogP contribution is 2.13. The second-order valence-electron chi connectivity index (χ2n) is 3.46. The third kappa shape index (κ3) is 4.98. The van der Waals surface area contributed by atoms with E-state index in [1.165, 1.54) is 0 Å². The molecule has 0 bridgehead atoms. The monoisotopic (exact) mass is 288 g/mol. The average Bonchev–Trinajstić information content (AvgIpc) is 2.29. The molecule has 0 N–H and O–H groups in total. The van der Waals surface area contributed by atoms with E-state index in [4.69, 9.17) is 11.6 Å². The summed E-state index contributed by atoms with van der Waals surface area (Å²) in [6.07, 6.45) is -0.340. The van der Waals surface area contributed by atoms with Gasteiger partial charge in [0.15, 0.2) is 5.78 Å². The Labute approximate surface area is 113 Å². The molecule has 1 rings (SSSR count). The summed E-state index contributed by atoms with van der Waals surface area (Å²) in [5, 5.41) is 0.536. The van der Waals surface area contributed by atoms with Crippen molar-refractivity contribution in [2.75, 3.05) is 12.4 Å². The molecule has 0 radical (unpaired) electrons. The molecular weight excluding hydrogens is 276 g/mol. The van der Waals surface area contributed by atoms with Crippen LogP contribution in [0.2, 0.25) is 5.02 Å². The third-order valence-electron chi connectivity index (χ3n) is 2.02. The highest BCUT2D eigenvalue weighted by Gasteiger charge is 2.14. The zero-order chi connectivity index (χ0) is 13.5. The molecule has 0 aromatic heterocycles. The second-order valence-corrected chi connectivity index (χ2v) is 5.35. The van der Waals surface area contributed by atoms with Crippen molar-refractivity contribution in [1.82, 2.24) is 0 Å². The van der Waals surface area contributed by atoms with E-state index in [1.54, 1.807) is 31.2 Å². The number of carbonyl (C=O) groups is 2. The van der Waals surface area contributed by atoms with Crippen molar-refractivity contribution in [2.24, 2.45) is 0 Å². The van der Waals surface area contributed by atoms with Crippen LogP contribution in [-0.4, -0.2) is 28.3 Å². The predicted octanol–water partition coefficient (Wildman–Crippen LogP) is 1.97. The first kappa shape index (κ1) is 14.9. The first-order valence-electron chi connectivity index (χ1n) is 5.34. The van der Waals surface area contributed by atoms with Crippen molar-refractivity contribution in [3.8, 4) is 0 Å². The van der Waals surface area contributed by atoms with E-state index in [2.05, 4.69) is 4.74 Å². The van der Waals surface area contributed by atoms with E-state index < -0.39 is 22.6 Å². The van der Waals surface area contributed by atoms with Crippen LogP contribution in [0.3, 0.4) is 0 Å². The van der Waals surface area contributed by atoms with Gasteiger partial charge in [0.2, 0.25) is 0 Å². The maximum atomic E-state index is 11.8. The van der Waals surface area contributed by atoms with Gasteiger partial charge < -0.3 is 4.74 Å². The largest absolute Gasteiger partial charge is 0.466 e. The van der Waals surface area contributed by atoms with Crippen LogP contribution >= 0.6 is 11.6 Å². The van der Waals surface area contributed by atoms with Gasteiger partial charge in [-0.3, -0.25) is 13.8 Å². The summed E-state index contributed by atoms with van der Waals surface area (Å²) in [6.45, 7) is 1.89. The lowest BCUT2D eigenvalue weighted by Crippen LogP contribution is -2.16. The highest BCUT2D eigenvalue weighted by molar-refractivity contribution is 7.85. The molecule has 0 heterocycles. The van der Waals surface area contributed by atoms with Crippen molar-refractivity contribution in [3.05, 3.63) is 29.3 Å². The minimum Gasteiger partial charge on any atom is -0.466 e. The number of ketones is 1. The number of carbonyl (C=O) groups excluding carboxylic acids is 2. The Balaban J connectivity index is 2.52.